The van der Waals surface area contributed by atoms with E-state index >= 15 is 0 Å². The lowest BCUT2D eigenvalue weighted by Crippen LogP contribution is -2.22. The van der Waals surface area contributed by atoms with Crippen molar-refractivity contribution < 1.29 is 23.1 Å². The summed E-state index contributed by atoms with van der Waals surface area (Å²) in [6.07, 6.45) is 3.17. The third-order valence-corrected chi connectivity index (χ3v) is 5.51. The molecule has 3 aromatic heterocycles. The van der Waals surface area contributed by atoms with E-state index in [1.54, 1.807) is 64.0 Å². The Labute approximate surface area is 183 Å². The standard InChI is InChI=1S/C22H21N3O5S/c1-13(21(26)23-15-12-14(27-2)8-9-16(15)28-3)31-22-24-19(17-6-4-10-29-17)20(25-22)18-7-5-11-30-18/h4-13H,1-3H3,(H,23,26)(H,24,25). The Hall–Kier alpha value is -3.59. The van der Waals surface area contributed by atoms with Crippen LogP contribution in [-0.4, -0.2) is 35.3 Å². The van der Waals surface area contributed by atoms with Gasteiger partial charge in [-0.25, -0.2) is 4.98 Å². The van der Waals surface area contributed by atoms with Crippen LogP contribution in [0.4, 0.5) is 5.69 Å². The van der Waals surface area contributed by atoms with Crippen molar-refractivity contribution in [3.8, 4) is 34.4 Å². The zero-order valence-electron chi connectivity index (χ0n) is 17.2. The van der Waals surface area contributed by atoms with Gasteiger partial charge in [0.25, 0.3) is 0 Å². The number of nitrogens with zero attached hydrogens (tertiary/aromatic N) is 1. The van der Waals surface area contributed by atoms with Crippen LogP contribution in [0.15, 0.2) is 69.0 Å². The molecule has 4 aromatic rings. The van der Waals surface area contributed by atoms with Gasteiger partial charge >= 0.3 is 0 Å². The molecule has 8 nitrogen and oxygen atoms in total. The van der Waals surface area contributed by atoms with E-state index < -0.39 is 5.25 Å². The number of hydrogen-bond donors (Lipinski definition) is 2. The summed E-state index contributed by atoms with van der Waals surface area (Å²) in [5.74, 6) is 2.20. The molecule has 0 fully saturated rings. The third-order valence-electron chi connectivity index (χ3n) is 4.53. The Morgan fingerprint density at radius 1 is 1.10 bits per heavy atom. The van der Waals surface area contributed by atoms with Crippen molar-refractivity contribution in [3.05, 3.63) is 55.0 Å². The molecule has 0 aliphatic carbocycles. The molecule has 1 aromatic carbocycles. The number of ether oxygens (including phenoxy) is 2. The molecule has 0 aliphatic heterocycles. The molecule has 4 rings (SSSR count). The van der Waals surface area contributed by atoms with Crippen LogP contribution in [0.3, 0.4) is 0 Å². The van der Waals surface area contributed by atoms with E-state index in [9.17, 15) is 4.79 Å². The number of rotatable bonds is 8. The second kappa shape index (κ2) is 9.05. The van der Waals surface area contributed by atoms with Crippen LogP contribution < -0.4 is 14.8 Å². The smallest absolute Gasteiger partial charge is 0.237 e. The number of benzene rings is 1. The van der Waals surface area contributed by atoms with Gasteiger partial charge in [0.2, 0.25) is 5.91 Å². The van der Waals surface area contributed by atoms with Crippen molar-refractivity contribution in [3.63, 3.8) is 0 Å². The maximum absolute atomic E-state index is 12.8. The van der Waals surface area contributed by atoms with E-state index in [1.807, 2.05) is 12.1 Å². The van der Waals surface area contributed by atoms with Gasteiger partial charge in [0.1, 0.15) is 22.9 Å². The number of anilines is 1. The summed E-state index contributed by atoms with van der Waals surface area (Å²) < 4.78 is 21.6. The number of furan rings is 2. The largest absolute Gasteiger partial charge is 0.497 e. The first kappa shape index (κ1) is 20.7. The van der Waals surface area contributed by atoms with Gasteiger partial charge in [0.15, 0.2) is 16.7 Å². The fraction of sp³-hybridized carbons (Fsp3) is 0.182. The Balaban J connectivity index is 1.54. The SMILES string of the molecule is COc1ccc(OC)c(NC(=O)C(C)Sc2nc(-c3ccco3)c(-c3ccco3)[nH]2)c1. The van der Waals surface area contributed by atoms with Crippen molar-refractivity contribution in [1.29, 1.82) is 0 Å². The van der Waals surface area contributed by atoms with Gasteiger partial charge in [-0.2, -0.15) is 0 Å². The Morgan fingerprint density at radius 2 is 1.84 bits per heavy atom. The van der Waals surface area contributed by atoms with E-state index in [4.69, 9.17) is 18.3 Å². The second-order valence-corrected chi connectivity index (χ2v) is 7.87. The van der Waals surface area contributed by atoms with Gasteiger partial charge in [-0.3, -0.25) is 4.79 Å². The lowest BCUT2D eigenvalue weighted by atomic mass is 10.2. The highest BCUT2D eigenvalue weighted by Crippen LogP contribution is 2.35. The summed E-state index contributed by atoms with van der Waals surface area (Å²) >= 11 is 1.29. The molecule has 0 saturated carbocycles. The summed E-state index contributed by atoms with van der Waals surface area (Å²) in [6.45, 7) is 1.80. The summed E-state index contributed by atoms with van der Waals surface area (Å²) in [4.78, 5) is 20.7. The first-order valence-electron chi connectivity index (χ1n) is 9.46. The summed E-state index contributed by atoms with van der Waals surface area (Å²) in [6, 6.07) is 12.5. The molecule has 0 aliphatic rings. The number of carbonyl (C=O) groups is 1. The Morgan fingerprint density at radius 3 is 2.48 bits per heavy atom. The first-order chi connectivity index (χ1) is 15.1. The number of carbonyl (C=O) groups excluding carboxylic acids is 1. The minimum Gasteiger partial charge on any atom is -0.497 e. The number of aromatic amines is 1. The highest BCUT2D eigenvalue weighted by atomic mass is 32.2. The molecule has 31 heavy (non-hydrogen) atoms. The average molecular weight is 439 g/mol. The summed E-state index contributed by atoms with van der Waals surface area (Å²) in [7, 11) is 3.11. The van der Waals surface area contributed by atoms with Crippen molar-refractivity contribution in [2.24, 2.45) is 0 Å². The van der Waals surface area contributed by atoms with Gasteiger partial charge in [0.05, 0.1) is 37.7 Å². The minimum atomic E-state index is -0.448. The molecule has 0 radical (unpaired) electrons. The highest BCUT2D eigenvalue weighted by molar-refractivity contribution is 8.00. The average Bonchev–Trinajstić information content (AvgIpc) is 3.54. The first-order valence-corrected chi connectivity index (χ1v) is 10.3. The number of hydrogen-bond acceptors (Lipinski definition) is 7. The van der Waals surface area contributed by atoms with Crippen LogP contribution >= 0.6 is 11.8 Å². The number of H-pyrrole nitrogens is 1. The number of thioether (sulfide) groups is 1. The summed E-state index contributed by atoms with van der Waals surface area (Å²) in [5.41, 5.74) is 1.83. The quantitative estimate of drug-likeness (QED) is 0.370. The molecule has 2 N–H and O–H groups in total. The van der Waals surface area contributed by atoms with Crippen LogP contribution in [-0.2, 0) is 4.79 Å². The van der Waals surface area contributed by atoms with E-state index in [-0.39, 0.29) is 5.91 Å². The Kier molecular flexibility index (Phi) is 6.03. The Bertz CT molecular complexity index is 1100. The van der Waals surface area contributed by atoms with Gasteiger partial charge in [-0.1, -0.05) is 11.8 Å². The molecular formula is C22H21N3O5S. The maximum Gasteiger partial charge on any atom is 0.237 e. The predicted octanol–water partition coefficient (Wildman–Crippen LogP) is 5.07. The zero-order chi connectivity index (χ0) is 21.8. The highest BCUT2D eigenvalue weighted by Gasteiger charge is 2.22. The normalized spacial score (nSPS) is 11.8. The monoisotopic (exact) mass is 439 g/mol. The maximum atomic E-state index is 12.8. The number of amides is 1. The van der Waals surface area contributed by atoms with Crippen molar-refractivity contribution in [1.82, 2.24) is 9.97 Å². The topological polar surface area (TPSA) is 103 Å². The molecule has 9 heteroatoms. The molecule has 1 amide bonds. The van der Waals surface area contributed by atoms with Crippen LogP contribution in [0.1, 0.15) is 6.92 Å². The van der Waals surface area contributed by atoms with Gasteiger partial charge < -0.3 is 28.6 Å². The van der Waals surface area contributed by atoms with E-state index in [2.05, 4.69) is 15.3 Å². The molecule has 1 atom stereocenters. The van der Waals surface area contributed by atoms with Gasteiger partial charge in [-0.15, -0.1) is 0 Å². The lowest BCUT2D eigenvalue weighted by molar-refractivity contribution is -0.115. The fourth-order valence-corrected chi connectivity index (χ4v) is 3.77. The zero-order valence-corrected chi connectivity index (χ0v) is 18.0. The van der Waals surface area contributed by atoms with Crippen LogP contribution in [0, 0.1) is 0 Å². The fourth-order valence-electron chi connectivity index (χ4n) is 2.97. The molecule has 1 unspecified atom stereocenters. The minimum absolute atomic E-state index is 0.202. The lowest BCUT2D eigenvalue weighted by Gasteiger charge is -2.14. The molecule has 0 saturated heterocycles. The molecular weight excluding hydrogens is 418 g/mol. The number of aromatic nitrogens is 2. The van der Waals surface area contributed by atoms with Gasteiger partial charge in [0, 0.05) is 6.07 Å². The second-order valence-electron chi connectivity index (χ2n) is 6.54. The molecule has 0 spiro atoms. The number of nitrogens with one attached hydrogen (secondary N) is 2. The predicted molar refractivity (Wildman–Crippen MR) is 117 cm³/mol. The van der Waals surface area contributed by atoms with E-state index in [1.165, 1.54) is 11.8 Å². The van der Waals surface area contributed by atoms with Gasteiger partial charge in [-0.05, 0) is 43.3 Å². The molecule has 0 bridgehead atoms. The van der Waals surface area contributed by atoms with E-state index in [0.29, 0.717) is 45.3 Å². The number of methoxy groups -OCH3 is 2. The summed E-state index contributed by atoms with van der Waals surface area (Å²) in [5, 5.41) is 3.01. The van der Waals surface area contributed by atoms with Crippen molar-refractivity contribution >= 4 is 23.4 Å². The van der Waals surface area contributed by atoms with Crippen LogP contribution in [0.2, 0.25) is 0 Å². The van der Waals surface area contributed by atoms with Crippen LogP contribution in [0.5, 0.6) is 11.5 Å². The third kappa shape index (κ3) is 4.46. The van der Waals surface area contributed by atoms with E-state index in [0.717, 1.165) is 0 Å². The van der Waals surface area contributed by atoms with Crippen LogP contribution in [0.25, 0.3) is 22.9 Å². The van der Waals surface area contributed by atoms with Crippen molar-refractivity contribution in [2.45, 2.75) is 17.3 Å². The van der Waals surface area contributed by atoms with Crippen molar-refractivity contribution in [2.75, 3.05) is 19.5 Å². The molecule has 160 valence electrons. The number of imidazole rings is 1. The molecule has 3 heterocycles.